The summed E-state index contributed by atoms with van der Waals surface area (Å²) in [6, 6.07) is 7.60. The van der Waals surface area contributed by atoms with E-state index in [9.17, 15) is 10.1 Å². The number of fused-ring (bicyclic) bond motifs is 1. The van der Waals surface area contributed by atoms with Crippen LogP contribution in [0.25, 0.3) is 0 Å². The lowest BCUT2D eigenvalue weighted by Gasteiger charge is -2.08. The highest BCUT2D eigenvalue weighted by Crippen LogP contribution is 2.38. The number of nitriles is 1. The molecule has 0 aliphatic heterocycles. The fourth-order valence-electron chi connectivity index (χ4n) is 2.66. The molecule has 1 aliphatic carbocycles. The highest BCUT2D eigenvalue weighted by molar-refractivity contribution is 7.16. The molecule has 0 spiro atoms. The van der Waals surface area contributed by atoms with Crippen LogP contribution in [0, 0.1) is 18.3 Å². The van der Waals surface area contributed by atoms with Gasteiger partial charge < -0.3 is 11.1 Å². The van der Waals surface area contributed by atoms with Crippen LogP contribution in [0.4, 0.5) is 10.7 Å². The SMILES string of the molecule is Cc1cccc(C(=O)Nc2sc3c(c2C#N)CCC3)c1N. The third-order valence-corrected chi connectivity index (χ3v) is 5.04. The molecule has 1 amide bonds. The number of nitrogens with zero attached hydrogens (tertiary/aromatic N) is 1. The van der Waals surface area contributed by atoms with Crippen LogP contribution in [0.2, 0.25) is 0 Å². The van der Waals surface area contributed by atoms with Crippen molar-refractivity contribution < 1.29 is 4.79 Å². The summed E-state index contributed by atoms with van der Waals surface area (Å²) in [7, 11) is 0. The molecule has 4 nitrogen and oxygen atoms in total. The van der Waals surface area contributed by atoms with Crippen molar-refractivity contribution in [1.29, 1.82) is 5.26 Å². The number of amides is 1. The van der Waals surface area contributed by atoms with Crippen LogP contribution >= 0.6 is 11.3 Å². The van der Waals surface area contributed by atoms with Gasteiger partial charge in [0.05, 0.1) is 11.1 Å². The molecular formula is C16H15N3OS. The number of para-hydroxylation sites is 1. The summed E-state index contributed by atoms with van der Waals surface area (Å²) < 4.78 is 0. The molecule has 106 valence electrons. The first-order chi connectivity index (χ1) is 10.1. The predicted molar refractivity (Wildman–Crippen MR) is 84.6 cm³/mol. The molecule has 0 unspecified atom stereocenters. The summed E-state index contributed by atoms with van der Waals surface area (Å²) in [6.45, 7) is 1.87. The minimum atomic E-state index is -0.257. The molecule has 0 radical (unpaired) electrons. The molecule has 0 saturated heterocycles. The van der Waals surface area contributed by atoms with Gasteiger partial charge >= 0.3 is 0 Å². The van der Waals surface area contributed by atoms with E-state index in [1.165, 1.54) is 16.2 Å². The smallest absolute Gasteiger partial charge is 0.258 e. The third-order valence-electron chi connectivity index (χ3n) is 3.83. The molecular weight excluding hydrogens is 282 g/mol. The van der Waals surface area contributed by atoms with Crippen LogP contribution in [-0.4, -0.2) is 5.91 Å². The summed E-state index contributed by atoms with van der Waals surface area (Å²) in [5.41, 5.74) is 9.49. The van der Waals surface area contributed by atoms with E-state index in [0.717, 1.165) is 30.4 Å². The largest absolute Gasteiger partial charge is 0.398 e. The Kier molecular flexibility index (Phi) is 3.40. The second kappa shape index (κ2) is 5.23. The fourth-order valence-corrected chi connectivity index (χ4v) is 3.89. The quantitative estimate of drug-likeness (QED) is 0.835. The van der Waals surface area contributed by atoms with Gasteiger partial charge in [0, 0.05) is 10.6 Å². The molecule has 5 heteroatoms. The van der Waals surface area contributed by atoms with Crippen molar-refractivity contribution in [2.75, 3.05) is 11.1 Å². The Morgan fingerprint density at radius 1 is 1.43 bits per heavy atom. The van der Waals surface area contributed by atoms with E-state index in [1.54, 1.807) is 12.1 Å². The van der Waals surface area contributed by atoms with E-state index >= 15 is 0 Å². The number of carbonyl (C=O) groups is 1. The van der Waals surface area contributed by atoms with Crippen LogP contribution in [0.15, 0.2) is 18.2 Å². The molecule has 21 heavy (non-hydrogen) atoms. The van der Waals surface area contributed by atoms with Gasteiger partial charge in [0.15, 0.2) is 0 Å². The van der Waals surface area contributed by atoms with Crippen molar-refractivity contribution in [3.63, 3.8) is 0 Å². The third kappa shape index (κ3) is 2.28. The molecule has 0 fully saturated rings. The second-order valence-electron chi connectivity index (χ2n) is 5.16. The minimum Gasteiger partial charge on any atom is -0.398 e. The fraction of sp³-hybridized carbons (Fsp3) is 0.250. The number of hydrogen-bond donors (Lipinski definition) is 2. The normalized spacial score (nSPS) is 12.8. The number of nitrogens with two attached hydrogens (primary N) is 1. The first kappa shape index (κ1) is 13.7. The zero-order chi connectivity index (χ0) is 15.0. The van der Waals surface area contributed by atoms with Gasteiger partial charge in [-0.05, 0) is 43.4 Å². The summed E-state index contributed by atoms with van der Waals surface area (Å²) in [5, 5.41) is 12.8. The van der Waals surface area contributed by atoms with Crippen molar-refractivity contribution in [3.05, 3.63) is 45.3 Å². The van der Waals surface area contributed by atoms with Gasteiger partial charge in [-0.1, -0.05) is 12.1 Å². The summed E-state index contributed by atoms with van der Waals surface area (Å²) in [6.07, 6.45) is 3.02. The van der Waals surface area contributed by atoms with Crippen LogP contribution in [0.1, 0.15) is 38.3 Å². The standard InChI is InChI=1S/C16H15N3OS/c1-9-4-2-6-11(14(9)18)15(20)19-16-12(8-17)10-5-3-7-13(10)21-16/h2,4,6H,3,5,7,18H2,1H3,(H,19,20). The van der Waals surface area contributed by atoms with E-state index < -0.39 is 0 Å². The number of rotatable bonds is 2. The van der Waals surface area contributed by atoms with Crippen molar-refractivity contribution in [1.82, 2.24) is 0 Å². The number of nitrogens with one attached hydrogen (secondary N) is 1. The molecule has 0 saturated carbocycles. The van der Waals surface area contributed by atoms with Gasteiger partial charge in [0.2, 0.25) is 0 Å². The van der Waals surface area contributed by atoms with Crippen LogP contribution in [-0.2, 0) is 12.8 Å². The summed E-state index contributed by atoms with van der Waals surface area (Å²) in [4.78, 5) is 13.6. The van der Waals surface area contributed by atoms with E-state index in [4.69, 9.17) is 5.73 Å². The molecule has 0 bridgehead atoms. The molecule has 1 aromatic carbocycles. The Bertz CT molecular complexity index is 771. The van der Waals surface area contributed by atoms with Crippen LogP contribution < -0.4 is 11.1 Å². The van der Waals surface area contributed by atoms with Crippen LogP contribution in [0.3, 0.4) is 0 Å². The monoisotopic (exact) mass is 297 g/mol. The highest BCUT2D eigenvalue weighted by Gasteiger charge is 2.23. The number of thiophene rings is 1. The summed E-state index contributed by atoms with van der Waals surface area (Å²) in [5.74, 6) is -0.257. The maximum Gasteiger partial charge on any atom is 0.258 e. The van der Waals surface area contributed by atoms with Crippen molar-refractivity contribution in [2.45, 2.75) is 26.2 Å². The van der Waals surface area contributed by atoms with Gasteiger partial charge in [-0.2, -0.15) is 5.26 Å². The lowest BCUT2D eigenvalue weighted by Crippen LogP contribution is -2.14. The molecule has 1 aliphatic rings. The Hall–Kier alpha value is -2.32. The Balaban J connectivity index is 1.93. The van der Waals surface area contributed by atoms with Crippen molar-refractivity contribution in [3.8, 4) is 6.07 Å². The molecule has 1 heterocycles. The van der Waals surface area contributed by atoms with Crippen LogP contribution in [0.5, 0.6) is 0 Å². The lowest BCUT2D eigenvalue weighted by atomic mass is 10.1. The molecule has 3 rings (SSSR count). The van der Waals surface area contributed by atoms with Gasteiger partial charge in [0.1, 0.15) is 11.1 Å². The van der Waals surface area contributed by atoms with E-state index in [2.05, 4.69) is 11.4 Å². The number of hydrogen-bond acceptors (Lipinski definition) is 4. The van der Waals surface area contributed by atoms with Crippen molar-refractivity contribution in [2.24, 2.45) is 0 Å². The molecule has 1 aromatic heterocycles. The Morgan fingerprint density at radius 2 is 2.24 bits per heavy atom. The number of anilines is 2. The first-order valence-corrected chi connectivity index (χ1v) is 7.64. The maximum absolute atomic E-state index is 12.4. The van der Waals surface area contributed by atoms with Gasteiger partial charge in [-0.3, -0.25) is 4.79 Å². The molecule has 0 atom stereocenters. The number of nitrogen functional groups attached to an aromatic ring is 1. The second-order valence-corrected chi connectivity index (χ2v) is 6.27. The average Bonchev–Trinajstić information content (AvgIpc) is 3.02. The van der Waals surface area contributed by atoms with E-state index in [0.29, 0.717) is 21.8 Å². The Labute approximate surface area is 127 Å². The maximum atomic E-state index is 12.4. The zero-order valence-electron chi connectivity index (χ0n) is 11.7. The summed E-state index contributed by atoms with van der Waals surface area (Å²) >= 11 is 1.51. The first-order valence-electron chi connectivity index (χ1n) is 6.83. The molecule has 2 aromatic rings. The van der Waals surface area contributed by atoms with Gasteiger partial charge in [-0.15, -0.1) is 11.3 Å². The van der Waals surface area contributed by atoms with E-state index in [1.807, 2.05) is 13.0 Å². The number of benzene rings is 1. The van der Waals surface area contributed by atoms with Gasteiger partial charge in [0.25, 0.3) is 5.91 Å². The van der Waals surface area contributed by atoms with Gasteiger partial charge in [-0.25, -0.2) is 0 Å². The zero-order valence-corrected chi connectivity index (χ0v) is 12.5. The average molecular weight is 297 g/mol. The Morgan fingerprint density at radius 3 is 3.00 bits per heavy atom. The van der Waals surface area contributed by atoms with Crippen molar-refractivity contribution >= 4 is 27.9 Å². The topological polar surface area (TPSA) is 78.9 Å². The van der Waals surface area contributed by atoms with E-state index in [-0.39, 0.29) is 5.91 Å². The molecule has 3 N–H and O–H groups in total. The number of aryl methyl sites for hydroxylation is 2. The number of carbonyl (C=O) groups excluding carboxylic acids is 1. The highest BCUT2D eigenvalue weighted by atomic mass is 32.1. The minimum absolute atomic E-state index is 0.257. The lowest BCUT2D eigenvalue weighted by molar-refractivity contribution is 0.102. The predicted octanol–water partition coefficient (Wildman–Crippen LogP) is 3.25.